The average molecular weight is 119 g/mol. The fourth-order valence-electron chi connectivity index (χ4n) is 0. The molecular weight excluding hydrogens is 102 g/mol. The second kappa shape index (κ2) is 3.05. The molecule has 0 rings (SSSR count). The van der Waals surface area contributed by atoms with Crippen LogP contribution in [-0.2, 0) is 0 Å². The van der Waals surface area contributed by atoms with Gasteiger partial charge < -0.3 is 11.2 Å². The van der Waals surface area contributed by atoms with Crippen molar-refractivity contribution in [3.63, 3.8) is 0 Å². The van der Waals surface area contributed by atoms with Crippen LogP contribution in [0, 0.1) is 5.92 Å². The van der Waals surface area contributed by atoms with E-state index >= 15 is 0 Å². The number of hydrogen-bond donors (Lipinski definition) is 1. The fourth-order valence-corrected chi connectivity index (χ4v) is 0. The quantitative estimate of drug-likeness (QED) is 0.538. The molecule has 0 aromatic carbocycles. The Hall–Kier alpha value is -0.0800. The van der Waals surface area contributed by atoms with Crippen molar-refractivity contribution in [3.8, 4) is 0 Å². The van der Waals surface area contributed by atoms with Crippen molar-refractivity contribution in [3.05, 3.63) is 0 Å². The van der Waals surface area contributed by atoms with Gasteiger partial charge in [0.05, 0.1) is 0 Å². The van der Waals surface area contributed by atoms with E-state index in [0.29, 0.717) is 5.92 Å². The zero-order chi connectivity index (χ0) is 6.08. The van der Waals surface area contributed by atoms with Crippen LogP contribution in [-0.4, -0.2) is 11.0 Å². The molecule has 0 aliphatic heterocycles. The summed E-state index contributed by atoms with van der Waals surface area (Å²) in [7, 11) is 0. The minimum absolute atomic E-state index is 0. The van der Waals surface area contributed by atoms with Crippen LogP contribution in [0.15, 0.2) is 0 Å². The summed E-state index contributed by atoms with van der Waals surface area (Å²) in [6.45, 7) is 8.33. The van der Waals surface area contributed by atoms with Crippen LogP contribution in [0.1, 0.15) is 27.7 Å². The predicted molar refractivity (Wildman–Crippen MR) is 36.7 cm³/mol. The molecule has 0 aliphatic carbocycles. The first-order chi connectivity index (χ1) is 2.94. The third kappa shape index (κ3) is 4.09. The Kier molecular flexibility index (Phi) is 4.12. The molecule has 8 heavy (non-hydrogen) atoms. The summed E-state index contributed by atoms with van der Waals surface area (Å²) < 4.78 is 0. The molecule has 0 aromatic rings. The highest BCUT2D eigenvalue weighted by atomic mass is 16.0. The van der Waals surface area contributed by atoms with Gasteiger partial charge in [-0.1, -0.05) is 13.8 Å². The van der Waals surface area contributed by atoms with Gasteiger partial charge in [0.15, 0.2) is 0 Å². The summed E-state index contributed by atoms with van der Waals surface area (Å²) in [6.07, 6.45) is 0. The highest BCUT2D eigenvalue weighted by Gasteiger charge is 2.14. The van der Waals surface area contributed by atoms with Crippen LogP contribution in [0.3, 0.4) is 0 Å². The van der Waals surface area contributed by atoms with Crippen LogP contribution >= 0.6 is 0 Å². The van der Waals surface area contributed by atoms with Crippen molar-refractivity contribution in [2.24, 2.45) is 11.7 Å². The molecule has 0 aliphatic rings. The number of nitrogens with two attached hydrogens (primary N) is 1. The Balaban J connectivity index is 0. The molecule has 0 atom stereocenters. The molecule has 0 heterocycles. The lowest BCUT2D eigenvalue weighted by Gasteiger charge is -2.22. The number of hydrogen-bond acceptors (Lipinski definition) is 1. The van der Waals surface area contributed by atoms with E-state index in [9.17, 15) is 0 Å². The van der Waals surface area contributed by atoms with E-state index in [0.717, 1.165) is 0 Å². The minimum atomic E-state index is 0. The van der Waals surface area contributed by atoms with Crippen molar-refractivity contribution in [2.45, 2.75) is 33.2 Å². The SMILES string of the molecule is CC(C)C(C)(C)N.O. The molecule has 0 bridgehead atoms. The summed E-state index contributed by atoms with van der Waals surface area (Å²) in [4.78, 5) is 0. The minimum Gasteiger partial charge on any atom is -0.412 e. The van der Waals surface area contributed by atoms with Crippen LogP contribution < -0.4 is 5.73 Å². The molecule has 52 valence electrons. The zero-order valence-corrected chi connectivity index (χ0v) is 6.15. The highest BCUT2D eigenvalue weighted by Crippen LogP contribution is 2.09. The molecule has 0 fully saturated rings. The van der Waals surface area contributed by atoms with Gasteiger partial charge in [-0.2, -0.15) is 0 Å². The van der Waals surface area contributed by atoms with Crippen molar-refractivity contribution >= 4 is 0 Å². The molecule has 0 saturated heterocycles. The topological polar surface area (TPSA) is 57.5 Å². The van der Waals surface area contributed by atoms with E-state index in [2.05, 4.69) is 13.8 Å². The molecule has 0 aromatic heterocycles. The van der Waals surface area contributed by atoms with Crippen molar-refractivity contribution in [2.75, 3.05) is 0 Å². The largest absolute Gasteiger partial charge is 0.412 e. The lowest BCUT2D eigenvalue weighted by atomic mass is 9.92. The molecule has 0 amide bonds. The normalized spacial score (nSPS) is 11.2. The third-order valence-corrected chi connectivity index (χ3v) is 1.49. The third-order valence-electron chi connectivity index (χ3n) is 1.49. The molecule has 0 radical (unpaired) electrons. The van der Waals surface area contributed by atoms with Gasteiger partial charge in [0.25, 0.3) is 0 Å². The van der Waals surface area contributed by atoms with E-state index in [1.165, 1.54) is 0 Å². The van der Waals surface area contributed by atoms with Crippen LogP contribution in [0.25, 0.3) is 0 Å². The Morgan fingerprint density at radius 2 is 1.38 bits per heavy atom. The molecule has 2 heteroatoms. The maximum absolute atomic E-state index is 5.68. The lowest BCUT2D eigenvalue weighted by Crippen LogP contribution is -2.37. The second-order valence-corrected chi connectivity index (χ2v) is 2.98. The van der Waals surface area contributed by atoms with Gasteiger partial charge in [-0.05, 0) is 19.8 Å². The van der Waals surface area contributed by atoms with Gasteiger partial charge in [-0.3, -0.25) is 0 Å². The lowest BCUT2D eigenvalue weighted by molar-refractivity contribution is 0.373. The van der Waals surface area contributed by atoms with Crippen LogP contribution in [0.5, 0.6) is 0 Å². The van der Waals surface area contributed by atoms with E-state index in [-0.39, 0.29) is 11.0 Å². The van der Waals surface area contributed by atoms with Crippen LogP contribution in [0.4, 0.5) is 0 Å². The van der Waals surface area contributed by atoms with Gasteiger partial charge in [-0.15, -0.1) is 0 Å². The van der Waals surface area contributed by atoms with Gasteiger partial charge in [-0.25, -0.2) is 0 Å². The second-order valence-electron chi connectivity index (χ2n) is 2.98. The Labute approximate surface area is 51.4 Å². The first kappa shape index (κ1) is 10.8. The van der Waals surface area contributed by atoms with Gasteiger partial charge in [0, 0.05) is 5.54 Å². The smallest absolute Gasteiger partial charge is 0.0120 e. The van der Waals surface area contributed by atoms with Gasteiger partial charge in [0.2, 0.25) is 0 Å². The summed E-state index contributed by atoms with van der Waals surface area (Å²) >= 11 is 0. The molecule has 2 nitrogen and oxygen atoms in total. The Bertz CT molecular complexity index is 54.0. The molecular formula is C6H17NO. The summed E-state index contributed by atoms with van der Waals surface area (Å²) in [5.74, 6) is 0.576. The summed E-state index contributed by atoms with van der Waals surface area (Å²) in [5, 5.41) is 0. The molecule has 4 N–H and O–H groups in total. The fraction of sp³-hybridized carbons (Fsp3) is 1.00. The summed E-state index contributed by atoms with van der Waals surface area (Å²) in [6, 6.07) is 0. The first-order valence-corrected chi connectivity index (χ1v) is 2.73. The standard InChI is InChI=1S/C6H15N.H2O/c1-5(2)6(3,4)7;/h5H,7H2,1-4H3;1H2. The van der Waals surface area contributed by atoms with Crippen molar-refractivity contribution in [1.29, 1.82) is 0 Å². The predicted octanol–water partition coefficient (Wildman–Crippen LogP) is 0.555. The monoisotopic (exact) mass is 119 g/mol. The van der Waals surface area contributed by atoms with Crippen molar-refractivity contribution in [1.82, 2.24) is 0 Å². The van der Waals surface area contributed by atoms with E-state index < -0.39 is 0 Å². The van der Waals surface area contributed by atoms with E-state index in [4.69, 9.17) is 5.73 Å². The van der Waals surface area contributed by atoms with Gasteiger partial charge in [0.1, 0.15) is 0 Å². The van der Waals surface area contributed by atoms with Gasteiger partial charge >= 0.3 is 0 Å². The van der Waals surface area contributed by atoms with E-state index in [1.54, 1.807) is 0 Å². The maximum Gasteiger partial charge on any atom is 0.0120 e. The van der Waals surface area contributed by atoms with Crippen LogP contribution in [0.2, 0.25) is 0 Å². The molecule has 0 unspecified atom stereocenters. The Morgan fingerprint density at radius 3 is 1.38 bits per heavy atom. The molecule has 0 spiro atoms. The molecule has 0 saturated carbocycles. The zero-order valence-electron chi connectivity index (χ0n) is 6.15. The first-order valence-electron chi connectivity index (χ1n) is 2.73. The average Bonchev–Trinajstić information content (AvgIpc) is 1.31. The summed E-state index contributed by atoms with van der Waals surface area (Å²) in [5.41, 5.74) is 5.68. The number of rotatable bonds is 1. The highest BCUT2D eigenvalue weighted by molar-refractivity contribution is 4.74. The maximum atomic E-state index is 5.68. The van der Waals surface area contributed by atoms with E-state index in [1.807, 2.05) is 13.8 Å². The Morgan fingerprint density at radius 1 is 1.25 bits per heavy atom. The van der Waals surface area contributed by atoms with Crippen molar-refractivity contribution < 1.29 is 5.48 Å².